The van der Waals surface area contributed by atoms with Gasteiger partial charge in [0.15, 0.2) is 0 Å². The summed E-state index contributed by atoms with van der Waals surface area (Å²) in [6.07, 6.45) is 0.798. The summed E-state index contributed by atoms with van der Waals surface area (Å²) in [4.78, 5) is 35.5. The molecule has 0 fully saturated rings. The van der Waals surface area contributed by atoms with Gasteiger partial charge < -0.3 is 15.7 Å². The Balaban J connectivity index is 1.75. The van der Waals surface area contributed by atoms with E-state index in [1.807, 2.05) is 67.6 Å². The second-order valence-corrected chi connectivity index (χ2v) is 6.68. The van der Waals surface area contributed by atoms with Gasteiger partial charge in [0.2, 0.25) is 11.8 Å². The fourth-order valence-electron chi connectivity index (χ4n) is 2.85. The van der Waals surface area contributed by atoms with Crippen molar-refractivity contribution in [3.63, 3.8) is 0 Å². The van der Waals surface area contributed by atoms with Crippen LogP contribution in [0.2, 0.25) is 0 Å². The van der Waals surface area contributed by atoms with Crippen molar-refractivity contribution in [2.45, 2.75) is 44.7 Å². The predicted octanol–water partition coefficient (Wildman–Crippen LogP) is 2.85. The minimum atomic E-state index is -1.08. The molecule has 0 radical (unpaired) electrons. The third kappa shape index (κ3) is 7.23. The maximum absolute atomic E-state index is 12.1. The van der Waals surface area contributed by atoms with Crippen molar-refractivity contribution in [3.8, 4) is 0 Å². The largest absolute Gasteiger partial charge is 0.480 e. The Morgan fingerprint density at radius 3 is 1.96 bits per heavy atom. The maximum Gasteiger partial charge on any atom is 0.326 e. The van der Waals surface area contributed by atoms with Crippen LogP contribution in [-0.4, -0.2) is 28.9 Å². The molecule has 6 nitrogen and oxygen atoms in total. The molecule has 2 amide bonds. The van der Waals surface area contributed by atoms with Crippen LogP contribution in [0.1, 0.15) is 43.4 Å². The fourth-order valence-corrected chi connectivity index (χ4v) is 2.85. The van der Waals surface area contributed by atoms with Gasteiger partial charge in [-0.2, -0.15) is 0 Å². The molecule has 0 aliphatic carbocycles. The summed E-state index contributed by atoms with van der Waals surface area (Å²) in [6.45, 7) is 1.87. The van der Waals surface area contributed by atoms with Gasteiger partial charge in [0.1, 0.15) is 6.04 Å². The average Bonchev–Trinajstić information content (AvgIpc) is 2.70. The van der Waals surface area contributed by atoms with Gasteiger partial charge >= 0.3 is 5.97 Å². The lowest BCUT2D eigenvalue weighted by Crippen LogP contribution is -2.41. The summed E-state index contributed by atoms with van der Waals surface area (Å²) in [6, 6.07) is 17.9. The normalized spacial score (nSPS) is 12.6. The standard InChI is InChI=1S/C22H26N2O4/c1-16(18-10-6-3-7-11-18)23-20(25)14-15-21(26)24-19(22(27)28)13-12-17-8-4-2-5-9-17/h2-11,16,19H,12-15H2,1H3,(H,23,25)(H,24,26)(H,27,28)/t16-,19-/m1/s1. The number of aryl methyl sites for hydroxylation is 1. The SMILES string of the molecule is C[C@@H](NC(=O)CCC(=O)N[C@H](CCc1ccccc1)C(=O)O)c1ccccc1. The molecule has 0 bridgehead atoms. The topological polar surface area (TPSA) is 95.5 Å². The first kappa shape index (κ1) is 21.2. The van der Waals surface area contributed by atoms with E-state index in [2.05, 4.69) is 10.6 Å². The van der Waals surface area contributed by atoms with Gasteiger partial charge in [-0.25, -0.2) is 4.79 Å². The molecule has 3 N–H and O–H groups in total. The highest BCUT2D eigenvalue weighted by Crippen LogP contribution is 2.11. The molecule has 28 heavy (non-hydrogen) atoms. The van der Waals surface area contributed by atoms with Crippen molar-refractivity contribution in [2.75, 3.05) is 0 Å². The molecule has 0 saturated heterocycles. The number of aliphatic carboxylic acids is 1. The summed E-state index contributed by atoms with van der Waals surface area (Å²) in [5.74, 6) is -1.77. The van der Waals surface area contributed by atoms with Crippen LogP contribution in [0.25, 0.3) is 0 Å². The number of carboxylic acids is 1. The van der Waals surface area contributed by atoms with E-state index in [0.717, 1.165) is 11.1 Å². The molecule has 2 aromatic carbocycles. The van der Waals surface area contributed by atoms with Crippen LogP contribution in [0.15, 0.2) is 60.7 Å². The van der Waals surface area contributed by atoms with Gasteiger partial charge in [-0.15, -0.1) is 0 Å². The lowest BCUT2D eigenvalue weighted by atomic mass is 10.0. The van der Waals surface area contributed by atoms with Gasteiger partial charge in [0.25, 0.3) is 0 Å². The van der Waals surface area contributed by atoms with Crippen molar-refractivity contribution in [1.82, 2.24) is 10.6 Å². The molecule has 0 aliphatic rings. The summed E-state index contributed by atoms with van der Waals surface area (Å²) in [5.41, 5.74) is 1.99. The Kier molecular flexibility index (Phi) is 8.21. The maximum atomic E-state index is 12.1. The molecule has 0 saturated carbocycles. The fraction of sp³-hybridized carbons (Fsp3) is 0.318. The number of benzene rings is 2. The number of rotatable bonds is 10. The highest BCUT2D eigenvalue weighted by atomic mass is 16.4. The van der Waals surface area contributed by atoms with Crippen LogP contribution in [0.3, 0.4) is 0 Å². The van der Waals surface area contributed by atoms with E-state index in [9.17, 15) is 19.5 Å². The third-order valence-corrected chi connectivity index (χ3v) is 4.45. The zero-order valence-electron chi connectivity index (χ0n) is 15.9. The van der Waals surface area contributed by atoms with E-state index in [4.69, 9.17) is 0 Å². The van der Waals surface area contributed by atoms with E-state index in [1.54, 1.807) is 0 Å². The quantitative estimate of drug-likeness (QED) is 0.589. The molecular formula is C22H26N2O4. The van der Waals surface area contributed by atoms with Crippen LogP contribution in [0.5, 0.6) is 0 Å². The predicted molar refractivity (Wildman–Crippen MR) is 107 cm³/mol. The smallest absolute Gasteiger partial charge is 0.326 e. The number of carboxylic acid groups (broad SMARTS) is 1. The third-order valence-electron chi connectivity index (χ3n) is 4.45. The zero-order valence-corrected chi connectivity index (χ0v) is 15.9. The van der Waals surface area contributed by atoms with E-state index in [0.29, 0.717) is 12.8 Å². The number of hydrogen-bond donors (Lipinski definition) is 3. The number of nitrogens with one attached hydrogen (secondary N) is 2. The van der Waals surface area contributed by atoms with Crippen molar-refractivity contribution in [2.24, 2.45) is 0 Å². The van der Waals surface area contributed by atoms with E-state index in [1.165, 1.54) is 0 Å². The first-order valence-electron chi connectivity index (χ1n) is 9.36. The van der Waals surface area contributed by atoms with Gasteiger partial charge in [0.05, 0.1) is 6.04 Å². The molecule has 0 unspecified atom stereocenters. The first-order chi connectivity index (χ1) is 13.5. The van der Waals surface area contributed by atoms with Gasteiger partial charge in [-0.3, -0.25) is 9.59 Å². The molecular weight excluding hydrogens is 356 g/mol. The van der Waals surface area contributed by atoms with E-state index in [-0.39, 0.29) is 24.8 Å². The zero-order chi connectivity index (χ0) is 20.4. The van der Waals surface area contributed by atoms with Crippen LogP contribution in [0.4, 0.5) is 0 Å². The van der Waals surface area contributed by atoms with E-state index >= 15 is 0 Å². The van der Waals surface area contributed by atoms with Crippen LogP contribution in [0, 0.1) is 0 Å². The molecule has 2 rings (SSSR count). The number of amides is 2. The second kappa shape index (κ2) is 10.9. The Labute approximate surface area is 165 Å². The van der Waals surface area contributed by atoms with Gasteiger partial charge in [-0.1, -0.05) is 60.7 Å². The second-order valence-electron chi connectivity index (χ2n) is 6.68. The van der Waals surface area contributed by atoms with Crippen molar-refractivity contribution in [1.29, 1.82) is 0 Å². The van der Waals surface area contributed by atoms with Gasteiger partial charge in [0, 0.05) is 12.8 Å². The Morgan fingerprint density at radius 2 is 1.39 bits per heavy atom. The molecule has 0 heterocycles. The summed E-state index contributed by atoms with van der Waals surface area (Å²) in [7, 11) is 0. The van der Waals surface area contributed by atoms with Crippen molar-refractivity contribution < 1.29 is 19.5 Å². The highest BCUT2D eigenvalue weighted by Gasteiger charge is 2.20. The molecule has 148 valence electrons. The lowest BCUT2D eigenvalue weighted by molar-refractivity contribution is -0.142. The highest BCUT2D eigenvalue weighted by molar-refractivity contribution is 5.87. The minimum Gasteiger partial charge on any atom is -0.480 e. The Hall–Kier alpha value is -3.15. The lowest BCUT2D eigenvalue weighted by Gasteiger charge is -2.16. The molecule has 6 heteroatoms. The van der Waals surface area contributed by atoms with Crippen molar-refractivity contribution in [3.05, 3.63) is 71.8 Å². The van der Waals surface area contributed by atoms with Gasteiger partial charge in [-0.05, 0) is 30.9 Å². The summed E-state index contributed by atoms with van der Waals surface area (Å²) >= 11 is 0. The Bertz CT molecular complexity index is 778. The first-order valence-corrected chi connectivity index (χ1v) is 9.36. The number of carbonyl (C=O) groups is 3. The summed E-state index contributed by atoms with van der Waals surface area (Å²) < 4.78 is 0. The van der Waals surface area contributed by atoms with Crippen LogP contribution < -0.4 is 10.6 Å². The Morgan fingerprint density at radius 1 is 0.857 bits per heavy atom. The average molecular weight is 382 g/mol. The molecule has 0 aromatic heterocycles. The molecule has 0 aliphatic heterocycles. The number of carbonyl (C=O) groups excluding carboxylic acids is 2. The van der Waals surface area contributed by atoms with Crippen molar-refractivity contribution >= 4 is 17.8 Å². The minimum absolute atomic E-state index is 0.00797. The van der Waals surface area contributed by atoms with Crippen LogP contribution >= 0.6 is 0 Å². The molecule has 2 atom stereocenters. The van der Waals surface area contributed by atoms with E-state index < -0.39 is 17.9 Å². The van der Waals surface area contributed by atoms with Crippen LogP contribution in [-0.2, 0) is 20.8 Å². The monoisotopic (exact) mass is 382 g/mol. The number of hydrogen-bond acceptors (Lipinski definition) is 3. The summed E-state index contributed by atoms with van der Waals surface area (Å²) in [5, 5.41) is 14.7. The molecule has 0 spiro atoms. The molecule has 2 aromatic rings.